The van der Waals surface area contributed by atoms with E-state index in [1.807, 2.05) is 36.4 Å². The number of hydrogen-bond donors (Lipinski definition) is 1. The van der Waals surface area contributed by atoms with Crippen molar-refractivity contribution in [3.05, 3.63) is 54.7 Å². The Morgan fingerprint density at radius 1 is 1.00 bits per heavy atom. The number of phenolic OH excluding ortho intramolecular Hbond substituents is 1. The molecule has 0 unspecified atom stereocenters. The van der Waals surface area contributed by atoms with Gasteiger partial charge in [0.1, 0.15) is 5.75 Å². The van der Waals surface area contributed by atoms with Crippen LogP contribution in [0.2, 0.25) is 0 Å². The van der Waals surface area contributed by atoms with Crippen molar-refractivity contribution in [1.29, 1.82) is 0 Å². The minimum Gasteiger partial charge on any atom is -0.507 e. The van der Waals surface area contributed by atoms with E-state index in [1.165, 1.54) is 0 Å². The van der Waals surface area contributed by atoms with Crippen LogP contribution in [0.25, 0.3) is 21.9 Å². The molecule has 0 aliphatic rings. The molecule has 0 aliphatic heterocycles. The van der Waals surface area contributed by atoms with Crippen molar-refractivity contribution in [2.24, 2.45) is 0 Å². The number of rotatable bonds is 2. The van der Waals surface area contributed by atoms with Gasteiger partial charge in [0, 0.05) is 23.4 Å². The number of methoxy groups -OCH3 is 1. The van der Waals surface area contributed by atoms with Gasteiger partial charge in [0.25, 0.3) is 0 Å². The molecule has 3 aromatic rings. The molecule has 0 saturated heterocycles. The summed E-state index contributed by atoms with van der Waals surface area (Å²) < 4.78 is 5.05. The Bertz CT molecular complexity index is 720. The number of aromatic hydroxyl groups is 1. The highest BCUT2D eigenvalue weighted by molar-refractivity contribution is 5.99. The molecule has 1 N–H and O–H groups in total. The summed E-state index contributed by atoms with van der Waals surface area (Å²) in [6.45, 7) is 0. The van der Waals surface area contributed by atoms with Crippen LogP contribution < -0.4 is 4.74 Å². The van der Waals surface area contributed by atoms with E-state index in [9.17, 15) is 5.11 Å². The van der Waals surface area contributed by atoms with E-state index in [1.54, 1.807) is 25.4 Å². The highest BCUT2D eigenvalue weighted by Crippen LogP contribution is 2.36. The lowest BCUT2D eigenvalue weighted by molar-refractivity contribution is 0.398. The second-order valence-electron chi connectivity index (χ2n) is 4.27. The third-order valence-corrected chi connectivity index (χ3v) is 3.14. The molecule has 0 radical (unpaired) electrons. The quantitative estimate of drug-likeness (QED) is 0.756. The molecule has 0 saturated carbocycles. The first kappa shape index (κ1) is 11.5. The minimum atomic E-state index is 0.255. The van der Waals surface area contributed by atoms with Gasteiger partial charge in [-0.2, -0.15) is 0 Å². The van der Waals surface area contributed by atoms with Crippen molar-refractivity contribution in [2.45, 2.75) is 0 Å². The lowest BCUT2D eigenvalue weighted by Crippen LogP contribution is -1.88. The summed E-state index contributed by atoms with van der Waals surface area (Å²) in [7, 11) is 1.58. The number of aromatic nitrogens is 1. The number of benzene rings is 2. The van der Waals surface area contributed by atoms with Gasteiger partial charge in [-0.15, -0.1) is 0 Å². The van der Waals surface area contributed by atoms with E-state index in [-0.39, 0.29) is 5.75 Å². The molecular weight excluding hydrogens is 238 g/mol. The maximum atomic E-state index is 10.1. The first-order valence-corrected chi connectivity index (χ1v) is 6.01. The number of fused-ring (bicyclic) bond motifs is 1. The highest BCUT2D eigenvalue weighted by Gasteiger charge is 2.09. The fourth-order valence-corrected chi connectivity index (χ4v) is 2.21. The van der Waals surface area contributed by atoms with Crippen LogP contribution in [0.3, 0.4) is 0 Å². The Balaban J connectivity index is 2.25. The van der Waals surface area contributed by atoms with Crippen molar-refractivity contribution >= 4 is 10.8 Å². The first-order valence-electron chi connectivity index (χ1n) is 6.01. The van der Waals surface area contributed by atoms with Crippen LogP contribution in [0, 0.1) is 0 Å². The van der Waals surface area contributed by atoms with E-state index in [4.69, 9.17) is 4.74 Å². The normalized spacial score (nSPS) is 10.6. The van der Waals surface area contributed by atoms with Gasteiger partial charge in [-0.1, -0.05) is 30.3 Å². The van der Waals surface area contributed by atoms with E-state index >= 15 is 0 Å². The number of phenols is 1. The Hall–Kier alpha value is -2.55. The van der Waals surface area contributed by atoms with Gasteiger partial charge in [0.15, 0.2) is 0 Å². The zero-order valence-electron chi connectivity index (χ0n) is 10.5. The summed E-state index contributed by atoms with van der Waals surface area (Å²) in [6, 6.07) is 15.3. The Kier molecular flexibility index (Phi) is 2.80. The molecule has 1 heterocycles. The predicted octanol–water partition coefficient (Wildman–Crippen LogP) is 3.62. The molecule has 94 valence electrons. The predicted molar refractivity (Wildman–Crippen MR) is 75.4 cm³/mol. The van der Waals surface area contributed by atoms with Crippen LogP contribution in [-0.4, -0.2) is 17.2 Å². The number of hydrogen-bond acceptors (Lipinski definition) is 3. The maximum Gasteiger partial charge on any atom is 0.212 e. The second kappa shape index (κ2) is 4.61. The van der Waals surface area contributed by atoms with Crippen molar-refractivity contribution in [1.82, 2.24) is 4.98 Å². The van der Waals surface area contributed by atoms with E-state index in [0.717, 1.165) is 21.9 Å². The monoisotopic (exact) mass is 251 g/mol. The summed E-state index contributed by atoms with van der Waals surface area (Å²) in [6.07, 6.45) is 1.71. The van der Waals surface area contributed by atoms with Crippen molar-refractivity contribution in [2.75, 3.05) is 7.11 Å². The van der Waals surface area contributed by atoms with E-state index in [0.29, 0.717) is 5.88 Å². The van der Waals surface area contributed by atoms with Crippen LogP contribution in [0.15, 0.2) is 54.7 Å². The largest absolute Gasteiger partial charge is 0.507 e. The van der Waals surface area contributed by atoms with Crippen LogP contribution in [0.1, 0.15) is 0 Å². The van der Waals surface area contributed by atoms with Gasteiger partial charge < -0.3 is 9.84 Å². The van der Waals surface area contributed by atoms with Crippen molar-refractivity contribution in [3.8, 4) is 22.8 Å². The lowest BCUT2D eigenvalue weighted by Gasteiger charge is -2.09. The van der Waals surface area contributed by atoms with Crippen molar-refractivity contribution < 1.29 is 9.84 Å². The van der Waals surface area contributed by atoms with Crippen molar-refractivity contribution in [3.63, 3.8) is 0 Å². The molecule has 3 nitrogen and oxygen atoms in total. The molecule has 0 fully saturated rings. The van der Waals surface area contributed by atoms with Gasteiger partial charge in [0.05, 0.1) is 7.11 Å². The Morgan fingerprint density at radius 2 is 1.84 bits per heavy atom. The van der Waals surface area contributed by atoms with E-state index in [2.05, 4.69) is 4.98 Å². The second-order valence-corrected chi connectivity index (χ2v) is 4.27. The highest BCUT2D eigenvalue weighted by atomic mass is 16.5. The smallest absolute Gasteiger partial charge is 0.212 e. The van der Waals surface area contributed by atoms with Gasteiger partial charge in [-0.25, -0.2) is 4.98 Å². The molecule has 2 aromatic carbocycles. The molecule has 0 spiro atoms. The average Bonchev–Trinajstić information content (AvgIpc) is 2.47. The SMILES string of the molecule is COc1ccc(-c2c(O)ccc3ccccc23)cn1. The fourth-order valence-electron chi connectivity index (χ4n) is 2.21. The van der Waals surface area contributed by atoms with Crippen LogP contribution in [0.5, 0.6) is 11.6 Å². The summed E-state index contributed by atoms with van der Waals surface area (Å²) in [5.74, 6) is 0.814. The maximum absolute atomic E-state index is 10.1. The van der Waals surface area contributed by atoms with Gasteiger partial charge in [-0.05, 0) is 22.9 Å². The molecule has 0 atom stereocenters. The molecular formula is C16H13NO2. The Labute approximate surface area is 111 Å². The molecule has 3 rings (SSSR count). The number of ether oxygens (including phenoxy) is 1. The molecule has 0 amide bonds. The Morgan fingerprint density at radius 3 is 2.58 bits per heavy atom. The molecule has 3 heteroatoms. The summed E-state index contributed by atoms with van der Waals surface area (Å²) in [4.78, 5) is 4.19. The summed E-state index contributed by atoms with van der Waals surface area (Å²) in [5.41, 5.74) is 1.67. The molecule has 0 aliphatic carbocycles. The fraction of sp³-hybridized carbons (Fsp3) is 0.0625. The third-order valence-electron chi connectivity index (χ3n) is 3.14. The number of pyridine rings is 1. The standard InChI is InChI=1S/C16H13NO2/c1-19-15-9-7-12(10-17-15)16-13-5-3-2-4-11(13)6-8-14(16)18/h2-10,18H,1H3. The van der Waals surface area contributed by atoms with Gasteiger partial charge in [-0.3, -0.25) is 0 Å². The topological polar surface area (TPSA) is 42.4 Å². The van der Waals surface area contributed by atoms with Crippen LogP contribution in [-0.2, 0) is 0 Å². The van der Waals surface area contributed by atoms with Gasteiger partial charge in [0.2, 0.25) is 5.88 Å². The van der Waals surface area contributed by atoms with E-state index < -0.39 is 0 Å². The molecule has 0 bridgehead atoms. The third kappa shape index (κ3) is 1.99. The average molecular weight is 251 g/mol. The summed E-state index contributed by atoms with van der Waals surface area (Å²) >= 11 is 0. The molecule has 19 heavy (non-hydrogen) atoms. The van der Waals surface area contributed by atoms with Gasteiger partial charge >= 0.3 is 0 Å². The lowest BCUT2D eigenvalue weighted by atomic mass is 9.98. The first-order chi connectivity index (χ1) is 9.29. The number of nitrogens with zero attached hydrogens (tertiary/aromatic N) is 1. The van der Waals surface area contributed by atoms with Crippen LogP contribution >= 0.6 is 0 Å². The zero-order chi connectivity index (χ0) is 13.2. The summed E-state index contributed by atoms with van der Waals surface area (Å²) in [5, 5.41) is 12.2. The minimum absolute atomic E-state index is 0.255. The molecule has 1 aromatic heterocycles. The van der Waals surface area contributed by atoms with Crippen LogP contribution in [0.4, 0.5) is 0 Å². The zero-order valence-corrected chi connectivity index (χ0v) is 10.5.